The van der Waals surface area contributed by atoms with Crippen molar-refractivity contribution < 1.29 is 9.53 Å². The maximum atomic E-state index is 13.0. The molecule has 3 aliphatic heterocycles. The van der Waals surface area contributed by atoms with Crippen LogP contribution in [0.1, 0.15) is 37.2 Å². The number of ether oxygens (including phenoxy) is 1. The Morgan fingerprint density at radius 2 is 2.00 bits per heavy atom. The zero-order valence-electron chi connectivity index (χ0n) is 12.3. The van der Waals surface area contributed by atoms with Crippen LogP contribution in [0.2, 0.25) is 0 Å². The van der Waals surface area contributed by atoms with E-state index in [0.717, 1.165) is 37.2 Å². The van der Waals surface area contributed by atoms with E-state index in [4.69, 9.17) is 4.74 Å². The van der Waals surface area contributed by atoms with Gasteiger partial charge in [0.2, 0.25) is 5.91 Å². The van der Waals surface area contributed by atoms with Crippen LogP contribution in [0.4, 0.5) is 0 Å². The molecular weight excluding hydrogens is 264 g/mol. The topological polar surface area (TPSA) is 41.6 Å². The average molecular weight is 286 g/mol. The van der Waals surface area contributed by atoms with Crippen LogP contribution in [-0.2, 0) is 4.79 Å². The van der Waals surface area contributed by atoms with Crippen LogP contribution < -0.4 is 10.1 Å². The first-order valence-electron chi connectivity index (χ1n) is 8.08. The molecule has 3 aliphatic rings. The lowest BCUT2D eigenvalue weighted by molar-refractivity contribution is -0.133. The van der Waals surface area contributed by atoms with Crippen molar-refractivity contribution in [1.82, 2.24) is 10.2 Å². The number of hydrogen-bond donors (Lipinski definition) is 1. The lowest BCUT2D eigenvalue weighted by Gasteiger charge is -2.31. The highest BCUT2D eigenvalue weighted by molar-refractivity contribution is 5.85. The van der Waals surface area contributed by atoms with Gasteiger partial charge in [0.25, 0.3) is 0 Å². The molecule has 2 fully saturated rings. The van der Waals surface area contributed by atoms with Gasteiger partial charge >= 0.3 is 0 Å². The normalized spacial score (nSPS) is 31.2. The summed E-state index contributed by atoms with van der Waals surface area (Å²) in [5.41, 5.74) is 1.07. The number of amides is 1. The van der Waals surface area contributed by atoms with E-state index in [-0.39, 0.29) is 5.92 Å². The fourth-order valence-electron chi connectivity index (χ4n) is 3.96. The summed E-state index contributed by atoms with van der Waals surface area (Å²) < 4.78 is 5.68. The maximum Gasteiger partial charge on any atom is 0.230 e. The highest BCUT2D eigenvalue weighted by Crippen LogP contribution is 2.35. The molecule has 1 aromatic rings. The van der Waals surface area contributed by atoms with E-state index in [0.29, 0.717) is 24.6 Å². The van der Waals surface area contributed by atoms with Crippen molar-refractivity contribution in [1.29, 1.82) is 0 Å². The van der Waals surface area contributed by atoms with Gasteiger partial charge in [-0.25, -0.2) is 0 Å². The second-order valence-corrected chi connectivity index (χ2v) is 6.44. The molecule has 0 saturated carbocycles. The molecule has 0 aliphatic carbocycles. The van der Waals surface area contributed by atoms with Crippen LogP contribution in [0, 0.1) is 0 Å². The third-order valence-electron chi connectivity index (χ3n) is 5.09. The van der Waals surface area contributed by atoms with Gasteiger partial charge in [0.15, 0.2) is 0 Å². The summed E-state index contributed by atoms with van der Waals surface area (Å²) in [6.45, 7) is 2.41. The first-order chi connectivity index (χ1) is 10.3. The molecule has 3 unspecified atom stereocenters. The molecule has 0 radical (unpaired) electrons. The van der Waals surface area contributed by atoms with E-state index in [1.54, 1.807) is 0 Å². The molecule has 4 rings (SSSR count). The predicted octanol–water partition coefficient (Wildman–Crippen LogP) is 1.91. The third kappa shape index (κ3) is 2.42. The quantitative estimate of drug-likeness (QED) is 0.857. The van der Waals surface area contributed by atoms with Gasteiger partial charge in [0.1, 0.15) is 5.75 Å². The predicted molar refractivity (Wildman–Crippen MR) is 80.4 cm³/mol. The van der Waals surface area contributed by atoms with E-state index in [2.05, 4.69) is 10.2 Å². The number of rotatable bonds is 1. The molecule has 4 heteroatoms. The summed E-state index contributed by atoms with van der Waals surface area (Å²) in [7, 11) is 0. The first-order valence-corrected chi connectivity index (χ1v) is 8.08. The van der Waals surface area contributed by atoms with Gasteiger partial charge in [-0.2, -0.15) is 0 Å². The minimum Gasteiger partial charge on any atom is -0.493 e. The average Bonchev–Trinajstić information content (AvgIpc) is 2.85. The Bertz CT molecular complexity index is 545. The summed E-state index contributed by atoms with van der Waals surface area (Å²) in [4.78, 5) is 15.1. The van der Waals surface area contributed by atoms with Crippen molar-refractivity contribution in [3.8, 4) is 5.75 Å². The summed E-state index contributed by atoms with van der Waals surface area (Å²) >= 11 is 0. The number of carbonyl (C=O) groups is 1. The second kappa shape index (κ2) is 5.34. The monoisotopic (exact) mass is 286 g/mol. The number of carbonyl (C=O) groups excluding carboxylic acids is 1. The van der Waals surface area contributed by atoms with Crippen molar-refractivity contribution in [3.05, 3.63) is 29.8 Å². The summed E-state index contributed by atoms with van der Waals surface area (Å²) in [6, 6.07) is 9.10. The molecule has 3 heterocycles. The molecule has 1 amide bonds. The second-order valence-electron chi connectivity index (χ2n) is 6.44. The number of fused-ring (bicyclic) bond motifs is 3. The van der Waals surface area contributed by atoms with E-state index in [1.807, 2.05) is 24.3 Å². The van der Waals surface area contributed by atoms with Crippen molar-refractivity contribution in [3.63, 3.8) is 0 Å². The number of para-hydroxylation sites is 1. The lowest BCUT2D eigenvalue weighted by Crippen LogP contribution is -2.42. The molecule has 2 saturated heterocycles. The zero-order valence-corrected chi connectivity index (χ0v) is 12.3. The smallest absolute Gasteiger partial charge is 0.230 e. The van der Waals surface area contributed by atoms with Crippen molar-refractivity contribution in [2.45, 2.75) is 43.7 Å². The number of benzene rings is 1. The van der Waals surface area contributed by atoms with Gasteiger partial charge in [0, 0.05) is 30.7 Å². The van der Waals surface area contributed by atoms with Gasteiger partial charge in [-0.3, -0.25) is 4.79 Å². The standard InChI is InChI=1S/C17H22N2O2/c20-17(19-9-7-12-5-6-13(11-19)18-12)15-8-10-21-16-4-2-1-3-14(15)16/h1-4,12-13,15,18H,5-11H2. The molecule has 112 valence electrons. The lowest BCUT2D eigenvalue weighted by atomic mass is 9.91. The molecule has 21 heavy (non-hydrogen) atoms. The van der Waals surface area contributed by atoms with E-state index in [1.165, 1.54) is 12.8 Å². The first kappa shape index (κ1) is 13.1. The van der Waals surface area contributed by atoms with Crippen LogP contribution in [0.5, 0.6) is 5.75 Å². The largest absolute Gasteiger partial charge is 0.493 e. The van der Waals surface area contributed by atoms with Crippen molar-refractivity contribution in [2.75, 3.05) is 19.7 Å². The summed E-state index contributed by atoms with van der Waals surface area (Å²) in [5.74, 6) is 1.16. The summed E-state index contributed by atoms with van der Waals surface area (Å²) in [6.07, 6.45) is 4.37. The Labute approximate surface area is 125 Å². The van der Waals surface area contributed by atoms with Crippen LogP contribution in [0.15, 0.2) is 24.3 Å². The Kier molecular flexibility index (Phi) is 3.34. The Hall–Kier alpha value is -1.55. The Morgan fingerprint density at radius 3 is 2.95 bits per heavy atom. The molecule has 3 atom stereocenters. The third-order valence-corrected chi connectivity index (χ3v) is 5.09. The fourth-order valence-corrected chi connectivity index (χ4v) is 3.96. The highest BCUT2D eigenvalue weighted by Gasteiger charge is 2.35. The molecule has 1 N–H and O–H groups in total. The van der Waals surface area contributed by atoms with Crippen LogP contribution in [-0.4, -0.2) is 42.6 Å². The Morgan fingerprint density at radius 1 is 1.14 bits per heavy atom. The Balaban J connectivity index is 1.55. The number of likely N-dealkylation sites (tertiary alicyclic amines) is 1. The van der Waals surface area contributed by atoms with E-state index < -0.39 is 0 Å². The van der Waals surface area contributed by atoms with E-state index >= 15 is 0 Å². The summed E-state index contributed by atoms with van der Waals surface area (Å²) in [5, 5.41) is 3.64. The SMILES string of the molecule is O=C(C1CCOc2ccccc21)N1CCC2CCC(C1)N2. The number of nitrogens with one attached hydrogen (secondary N) is 1. The van der Waals surface area contributed by atoms with Gasteiger partial charge in [-0.15, -0.1) is 0 Å². The van der Waals surface area contributed by atoms with Gasteiger partial charge in [-0.1, -0.05) is 18.2 Å². The number of nitrogens with zero attached hydrogens (tertiary/aromatic N) is 1. The van der Waals surface area contributed by atoms with Gasteiger partial charge in [-0.05, 0) is 31.7 Å². The van der Waals surface area contributed by atoms with Crippen LogP contribution >= 0.6 is 0 Å². The van der Waals surface area contributed by atoms with Crippen molar-refractivity contribution in [2.24, 2.45) is 0 Å². The highest BCUT2D eigenvalue weighted by atomic mass is 16.5. The molecule has 0 spiro atoms. The van der Waals surface area contributed by atoms with E-state index in [9.17, 15) is 4.79 Å². The molecule has 2 bridgehead atoms. The fraction of sp³-hybridized carbons (Fsp3) is 0.588. The van der Waals surface area contributed by atoms with Crippen LogP contribution in [0.25, 0.3) is 0 Å². The maximum absolute atomic E-state index is 13.0. The molecule has 1 aromatic carbocycles. The van der Waals surface area contributed by atoms with Gasteiger partial charge < -0.3 is 15.0 Å². The minimum absolute atomic E-state index is 0.0217. The van der Waals surface area contributed by atoms with Crippen molar-refractivity contribution >= 4 is 5.91 Å². The van der Waals surface area contributed by atoms with Crippen LogP contribution in [0.3, 0.4) is 0 Å². The molecule has 4 nitrogen and oxygen atoms in total. The molecule has 0 aromatic heterocycles. The molecular formula is C17H22N2O2. The number of hydrogen-bond acceptors (Lipinski definition) is 3. The zero-order chi connectivity index (χ0) is 14.2. The minimum atomic E-state index is -0.0217. The van der Waals surface area contributed by atoms with Gasteiger partial charge in [0.05, 0.1) is 12.5 Å².